The van der Waals surface area contributed by atoms with Crippen molar-refractivity contribution in [1.29, 1.82) is 0 Å². The first-order chi connectivity index (χ1) is 18.2. The van der Waals surface area contributed by atoms with Crippen molar-refractivity contribution < 1.29 is 28.6 Å². The Hall–Kier alpha value is -2.84. The minimum absolute atomic E-state index is 0.184. The maximum Gasteiger partial charge on any atom is 0.342 e. The van der Waals surface area contributed by atoms with Crippen LogP contribution in [0.5, 0.6) is 0 Å². The molecule has 4 aliphatic rings. The Morgan fingerprint density at radius 2 is 1.63 bits per heavy atom. The molecule has 7 heteroatoms. The molecule has 0 aromatic heterocycles. The van der Waals surface area contributed by atoms with E-state index in [1.807, 2.05) is 12.1 Å². The van der Waals surface area contributed by atoms with Gasteiger partial charge in [-0.3, -0.25) is 0 Å². The van der Waals surface area contributed by atoms with Crippen molar-refractivity contribution in [3.63, 3.8) is 0 Å². The Morgan fingerprint density at radius 3 is 2.24 bits per heavy atom. The van der Waals surface area contributed by atoms with Crippen LogP contribution < -0.4 is 10.4 Å². The molecule has 6 nitrogen and oxygen atoms in total. The molecule has 6 rings (SSSR count). The highest BCUT2D eigenvalue weighted by molar-refractivity contribution is 6.99. The second-order valence-corrected chi connectivity index (χ2v) is 16.2. The van der Waals surface area contributed by atoms with Crippen molar-refractivity contribution >= 4 is 30.6 Å². The van der Waals surface area contributed by atoms with E-state index in [0.29, 0.717) is 30.6 Å². The van der Waals surface area contributed by atoms with Crippen LogP contribution >= 0.6 is 0 Å². The summed E-state index contributed by atoms with van der Waals surface area (Å²) in [5.74, 6) is -1.40. The Labute approximate surface area is 224 Å². The molecule has 2 aliphatic heterocycles. The zero-order valence-corrected chi connectivity index (χ0v) is 23.1. The van der Waals surface area contributed by atoms with E-state index in [4.69, 9.17) is 13.9 Å². The van der Waals surface area contributed by atoms with Crippen LogP contribution in [0.3, 0.4) is 0 Å². The van der Waals surface area contributed by atoms with Crippen LogP contribution in [0.1, 0.15) is 46.5 Å². The second-order valence-electron chi connectivity index (χ2n) is 11.9. The van der Waals surface area contributed by atoms with Crippen LogP contribution in [0.15, 0.2) is 83.5 Å². The van der Waals surface area contributed by atoms with Gasteiger partial charge in [0.25, 0.3) is 8.32 Å². The molecule has 0 saturated carbocycles. The van der Waals surface area contributed by atoms with Crippen LogP contribution in [0, 0.1) is 11.3 Å². The van der Waals surface area contributed by atoms with Gasteiger partial charge in [-0.1, -0.05) is 87.5 Å². The highest BCUT2D eigenvalue weighted by Gasteiger charge is 2.61. The number of cyclic esters (lactones) is 2. The van der Waals surface area contributed by atoms with Crippen molar-refractivity contribution in [2.24, 2.45) is 11.3 Å². The van der Waals surface area contributed by atoms with Crippen molar-refractivity contribution in [3.8, 4) is 0 Å². The van der Waals surface area contributed by atoms with Crippen molar-refractivity contribution in [1.82, 2.24) is 0 Å². The fraction of sp³-hybridized carbons (Fsp3) is 0.419. The number of benzene rings is 2. The van der Waals surface area contributed by atoms with Gasteiger partial charge in [-0.05, 0) is 46.7 Å². The largest absolute Gasteiger partial charge is 0.407 e. The number of fused-ring (bicyclic) bond motifs is 1. The summed E-state index contributed by atoms with van der Waals surface area (Å²) in [5, 5.41) is 13.5. The van der Waals surface area contributed by atoms with Crippen molar-refractivity contribution in [2.45, 2.75) is 63.9 Å². The molecule has 2 unspecified atom stereocenters. The summed E-state index contributed by atoms with van der Waals surface area (Å²) in [6, 6.07) is 20.9. The summed E-state index contributed by atoms with van der Waals surface area (Å²) in [5.41, 5.74) is 1.02. The fourth-order valence-electron chi connectivity index (χ4n) is 7.25. The lowest BCUT2D eigenvalue weighted by Crippen LogP contribution is -2.66. The Balaban J connectivity index is 1.40. The van der Waals surface area contributed by atoms with Crippen molar-refractivity contribution in [3.05, 3.63) is 83.5 Å². The summed E-state index contributed by atoms with van der Waals surface area (Å²) >= 11 is 0. The van der Waals surface area contributed by atoms with Crippen LogP contribution in [-0.2, 0) is 23.5 Å². The van der Waals surface area contributed by atoms with Gasteiger partial charge in [-0.15, -0.1) is 0 Å². The van der Waals surface area contributed by atoms with Gasteiger partial charge in [0.2, 0.25) is 0 Å². The SMILES string of the molecule is CC(C)(C)[Si](OCC[C@@]12CC3=C(C(=O)OC3=O)[C@H]3CCC=C1C3OC2O)(c1ccccc1)c1ccccc1. The third-order valence-electron chi connectivity index (χ3n) is 8.96. The van der Waals surface area contributed by atoms with E-state index in [9.17, 15) is 14.7 Å². The predicted molar refractivity (Wildman–Crippen MR) is 145 cm³/mol. The van der Waals surface area contributed by atoms with Gasteiger partial charge in [0.15, 0.2) is 6.29 Å². The number of esters is 2. The van der Waals surface area contributed by atoms with E-state index in [1.54, 1.807) is 0 Å². The number of hydrogen-bond donors (Lipinski definition) is 1. The van der Waals surface area contributed by atoms with E-state index in [0.717, 1.165) is 12.0 Å². The summed E-state index contributed by atoms with van der Waals surface area (Å²) in [7, 11) is -2.78. The summed E-state index contributed by atoms with van der Waals surface area (Å²) in [6.07, 6.45) is 2.79. The quantitative estimate of drug-likeness (QED) is 0.265. The van der Waals surface area contributed by atoms with Gasteiger partial charge in [0.1, 0.15) is 0 Å². The molecule has 198 valence electrons. The monoisotopic (exact) mass is 530 g/mol. The lowest BCUT2D eigenvalue weighted by molar-refractivity contribution is -0.152. The first-order valence-corrected chi connectivity index (χ1v) is 15.4. The summed E-state index contributed by atoms with van der Waals surface area (Å²) in [6.45, 7) is 7.07. The normalized spacial score (nSPS) is 28.6. The third kappa shape index (κ3) is 3.63. The lowest BCUT2D eigenvalue weighted by atomic mass is 9.70. The number of rotatable bonds is 6. The number of carbonyl (C=O) groups is 2. The maximum atomic E-state index is 12.8. The number of aliphatic hydroxyl groups is 1. The molecule has 38 heavy (non-hydrogen) atoms. The number of aliphatic hydroxyl groups excluding tert-OH is 1. The second kappa shape index (κ2) is 9.12. The van der Waals surface area contributed by atoms with Crippen LogP contribution in [0.4, 0.5) is 0 Å². The Morgan fingerprint density at radius 1 is 1.00 bits per heavy atom. The lowest BCUT2D eigenvalue weighted by Gasteiger charge is -2.44. The molecular weight excluding hydrogens is 496 g/mol. The molecule has 0 radical (unpaired) electrons. The predicted octanol–water partition coefficient (Wildman–Crippen LogP) is 3.78. The minimum Gasteiger partial charge on any atom is -0.407 e. The molecule has 1 saturated heterocycles. The summed E-state index contributed by atoms with van der Waals surface area (Å²) in [4.78, 5) is 25.4. The van der Waals surface area contributed by atoms with Crippen LogP contribution in [0.2, 0.25) is 5.04 Å². The Kier molecular flexibility index (Phi) is 6.11. The smallest absolute Gasteiger partial charge is 0.342 e. The molecule has 2 aromatic rings. The van der Waals surface area contributed by atoms with E-state index in [1.165, 1.54) is 10.4 Å². The molecule has 4 bridgehead atoms. The molecule has 1 N–H and O–H groups in total. The number of hydrogen-bond acceptors (Lipinski definition) is 6. The van der Waals surface area contributed by atoms with Gasteiger partial charge in [0.05, 0.1) is 17.1 Å². The van der Waals surface area contributed by atoms with E-state index >= 15 is 0 Å². The number of ether oxygens (including phenoxy) is 2. The zero-order chi connectivity index (χ0) is 26.7. The first kappa shape index (κ1) is 25.4. The van der Waals surface area contributed by atoms with Crippen LogP contribution in [-0.4, -0.2) is 44.4 Å². The molecule has 0 amide bonds. The molecule has 2 heterocycles. The van der Waals surface area contributed by atoms with Gasteiger partial charge < -0.3 is 19.0 Å². The molecular formula is C31H34O6Si. The molecule has 2 aromatic carbocycles. The van der Waals surface area contributed by atoms with Gasteiger partial charge in [-0.2, -0.15) is 0 Å². The first-order valence-electron chi connectivity index (χ1n) is 13.5. The minimum atomic E-state index is -2.78. The molecule has 4 atom stereocenters. The maximum absolute atomic E-state index is 12.8. The average Bonchev–Trinajstić information content (AvgIpc) is 3.31. The zero-order valence-electron chi connectivity index (χ0n) is 22.1. The number of allylic oxidation sites excluding steroid dienone is 1. The van der Waals surface area contributed by atoms with E-state index < -0.39 is 38.1 Å². The molecule has 1 fully saturated rings. The molecule has 0 spiro atoms. The topological polar surface area (TPSA) is 82.1 Å². The van der Waals surface area contributed by atoms with Gasteiger partial charge in [-0.25, -0.2) is 9.59 Å². The van der Waals surface area contributed by atoms with E-state index in [2.05, 4.69) is 75.4 Å². The Bertz CT molecular complexity index is 1290. The molecule has 2 aliphatic carbocycles. The van der Waals surface area contributed by atoms with Gasteiger partial charge >= 0.3 is 11.9 Å². The summed E-state index contributed by atoms with van der Waals surface area (Å²) < 4.78 is 18.3. The average molecular weight is 531 g/mol. The van der Waals surface area contributed by atoms with E-state index in [-0.39, 0.29) is 17.4 Å². The van der Waals surface area contributed by atoms with Crippen molar-refractivity contribution in [2.75, 3.05) is 6.61 Å². The number of carbonyl (C=O) groups excluding carboxylic acids is 2. The van der Waals surface area contributed by atoms with Crippen LogP contribution in [0.25, 0.3) is 0 Å². The third-order valence-corrected chi connectivity index (χ3v) is 14.0. The standard InChI is InChI=1S/C31H34O6Si/c1-30(2,3)38(20-11-6-4-7-12-20,21-13-8-5-9-14-21)35-18-17-31-19-23-25(28(33)37-27(23)32)22-15-10-16-24(31)26(22)36-29(31)34/h4-9,11-14,16,22,26,29,34H,10,15,17-19H2,1-3H3/t22-,26?,29?,31-/m1/s1. The highest BCUT2D eigenvalue weighted by atomic mass is 28.4. The fourth-order valence-corrected chi connectivity index (χ4v) is 11.8. The highest BCUT2D eigenvalue weighted by Crippen LogP contribution is 2.58. The van der Waals surface area contributed by atoms with Gasteiger partial charge in [0, 0.05) is 18.1 Å².